The maximum absolute atomic E-state index is 13.6. The van der Waals surface area contributed by atoms with Gasteiger partial charge in [-0.05, 0) is 43.2 Å². The summed E-state index contributed by atoms with van der Waals surface area (Å²) in [7, 11) is 1.55. The lowest BCUT2D eigenvalue weighted by Gasteiger charge is -2.33. The summed E-state index contributed by atoms with van der Waals surface area (Å²) in [6, 6.07) is 13.0. The van der Waals surface area contributed by atoms with Gasteiger partial charge in [0.15, 0.2) is 5.65 Å². The first-order valence-corrected chi connectivity index (χ1v) is 12.5. The number of fused-ring (bicyclic) bond motifs is 2. The van der Waals surface area contributed by atoms with Crippen LogP contribution in [0.4, 0.5) is 4.39 Å². The van der Waals surface area contributed by atoms with Crippen LogP contribution in [0, 0.1) is 5.95 Å². The van der Waals surface area contributed by atoms with Crippen LogP contribution in [0.2, 0.25) is 0 Å². The lowest BCUT2D eigenvalue weighted by Crippen LogP contribution is -2.45. The molecule has 38 heavy (non-hydrogen) atoms. The topological polar surface area (TPSA) is 93.9 Å². The van der Waals surface area contributed by atoms with Gasteiger partial charge in [0.05, 0.1) is 18.8 Å². The minimum Gasteiger partial charge on any atom is -0.491 e. The van der Waals surface area contributed by atoms with Crippen LogP contribution < -0.4 is 14.8 Å². The molecule has 4 aromatic rings. The summed E-state index contributed by atoms with van der Waals surface area (Å²) in [5.74, 6) is 0.660. The summed E-state index contributed by atoms with van der Waals surface area (Å²) in [6.07, 6.45) is 4.62. The van der Waals surface area contributed by atoms with Crippen molar-refractivity contribution in [2.24, 2.45) is 0 Å². The van der Waals surface area contributed by atoms with E-state index in [-0.39, 0.29) is 11.9 Å². The number of ether oxygens (including phenoxy) is 2. The van der Waals surface area contributed by atoms with E-state index in [9.17, 15) is 9.18 Å². The molecule has 0 aliphatic carbocycles. The number of pyridine rings is 1. The molecule has 1 saturated heterocycles. The number of aromatic nitrogens is 4. The van der Waals surface area contributed by atoms with Crippen molar-refractivity contribution in [3.63, 3.8) is 0 Å². The van der Waals surface area contributed by atoms with Crippen molar-refractivity contribution in [2.45, 2.75) is 24.9 Å². The molecule has 5 heterocycles. The third-order valence-electron chi connectivity index (χ3n) is 7.15. The number of likely N-dealkylation sites (tertiary alicyclic amines) is 1. The number of hydrogen-bond acceptors (Lipinski definition) is 7. The Morgan fingerprint density at radius 2 is 2.00 bits per heavy atom. The Morgan fingerprint density at radius 1 is 1.18 bits per heavy atom. The number of nitrogens with zero attached hydrogens (tertiary/aromatic N) is 5. The van der Waals surface area contributed by atoms with E-state index < -0.39 is 5.95 Å². The highest BCUT2D eigenvalue weighted by atomic mass is 19.1. The standard InChI is InChI=1S/C28H27FN6O3/c1-3-26(36)34-12-10-19(11-13-34)31-21-16-38-22-14-17(4-6-20(21)22)27-28(18-5-7-23(29)30-15-18)35-24(32-27)8-9-25(33-35)37-2/h3-9,14-15,19,21,31H,1,10-13,16H2,2H3/t21-/m0/s1. The van der Waals surface area contributed by atoms with E-state index in [0.29, 0.717) is 41.1 Å². The number of carbonyl (C=O) groups excluding carboxylic acids is 1. The lowest BCUT2D eigenvalue weighted by molar-refractivity contribution is -0.127. The molecule has 1 N–H and O–H groups in total. The highest BCUT2D eigenvalue weighted by Gasteiger charge is 2.30. The summed E-state index contributed by atoms with van der Waals surface area (Å²) >= 11 is 0. The quantitative estimate of drug-likeness (QED) is 0.309. The highest BCUT2D eigenvalue weighted by Crippen LogP contribution is 2.39. The van der Waals surface area contributed by atoms with Gasteiger partial charge in [-0.3, -0.25) is 4.79 Å². The van der Waals surface area contributed by atoms with Crippen molar-refractivity contribution in [3.05, 3.63) is 72.8 Å². The molecule has 9 nitrogen and oxygen atoms in total. The number of nitrogens with one attached hydrogen (secondary N) is 1. The van der Waals surface area contributed by atoms with E-state index in [1.54, 1.807) is 23.8 Å². The van der Waals surface area contributed by atoms with Crippen LogP contribution in [0.25, 0.3) is 28.2 Å². The van der Waals surface area contributed by atoms with Gasteiger partial charge in [0.25, 0.3) is 0 Å². The van der Waals surface area contributed by atoms with E-state index >= 15 is 0 Å². The zero-order chi connectivity index (χ0) is 26.2. The van der Waals surface area contributed by atoms with Gasteiger partial charge in [-0.1, -0.05) is 18.7 Å². The predicted molar refractivity (Wildman–Crippen MR) is 139 cm³/mol. The zero-order valence-electron chi connectivity index (χ0n) is 20.9. The average molecular weight is 515 g/mol. The predicted octanol–water partition coefficient (Wildman–Crippen LogP) is 3.81. The summed E-state index contributed by atoms with van der Waals surface area (Å²) in [5.41, 5.74) is 4.61. The van der Waals surface area contributed by atoms with Crippen molar-refractivity contribution in [1.82, 2.24) is 29.8 Å². The molecule has 1 atom stereocenters. The molecule has 1 aromatic carbocycles. The second kappa shape index (κ2) is 9.86. The molecule has 0 radical (unpaired) electrons. The van der Waals surface area contributed by atoms with Gasteiger partial charge < -0.3 is 19.7 Å². The molecule has 0 spiro atoms. The molecule has 194 valence electrons. The van der Waals surface area contributed by atoms with Gasteiger partial charge in [-0.25, -0.2) is 14.5 Å². The molecule has 0 bridgehead atoms. The number of benzene rings is 1. The second-order valence-electron chi connectivity index (χ2n) is 9.41. The molecule has 0 unspecified atom stereocenters. The Bertz CT molecular complexity index is 1510. The third-order valence-corrected chi connectivity index (χ3v) is 7.15. The van der Waals surface area contributed by atoms with E-state index in [0.717, 1.165) is 42.8 Å². The van der Waals surface area contributed by atoms with Gasteiger partial charge >= 0.3 is 0 Å². The minimum atomic E-state index is -0.558. The maximum atomic E-state index is 13.6. The Balaban J connectivity index is 1.30. The Hall–Kier alpha value is -4.31. The van der Waals surface area contributed by atoms with Crippen molar-refractivity contribution in [1.29, 1.82) is 0 Å². The smallest absolute Gasteiger partial charge is 0.245 e. The molecule has 3 aromatic heterocycles. The van der Waals surface area contributed by atoms with Crippen LogP contribution in [-0.4, -0.2) is 63.2 Å². The first-order valence-electron chi connectivity index (χ1n) is 12.5. The Morgan fingerprint density at radius 3 is 2.74 bits per heavy atom. The van der Waals surface area contributed by atoms with Crippen molar-refractivity contribution in [2.75, 3.05) is 26.8 Å². The summed E-state index contributed by atoms with van der Waals surface area (Å²) in [4.78, 5) is 22.4. The van der Waals surface area contributed by atoms with Crippen LogP contribution in [0.15, 0.2) is 61.3 Å². The summed E-state index contributed by atoms with van der Waals surface area (Å²) < 4.78 is 26.7. The van der Waals surface area contributed by atoms with Gasteiger partial charge in [-0.2, -0.15) is 4.39 Å². The number of carbonyl (C=O) groups is 1. The van der Waals surface area contributed by atoms with Crippen LogP contribution in [-0.2, 0) is 4.79 Å². The fraction of sp³-hybridized carbons (Fsp3) is 0.286. The van der Waals surface area contributed by atoms with Crippen molar-refractivity contribution in [3.8, 4) is 34.1 Å². The number of rotatable bonds is 6. The Kier molecular flexibility index (Phi) is 6.24. The van der Waals surface area contributed by atoms with E-state index in [4.69, 9.17) is 14.5 Å². The summed E-state index contributed by atoms with van der Waals surface area (Å²) in [5, 5.41) is 8.26. The molecule has 10 heteroatoms. The normalized spacial score (nSPS) is 17.3. The van der Waals surface area contributed by atoms with E-state index in [1.807, 2.05) is 23.1 Å². The molecule has 1 fully saturated rings. The lowest BCUT2D eigenvalue weighted by atomic mass is 9.99. The number of imidazole rings is 1. The Labute approximate surface area is 218 Å². The second-order valence-corrected chi connectivity index (χ2v) is 9.41. The molecular formula is C28H27FN6O3. The first-order chi connectivity index (χ1) is 18.5. The van der Waals surface area contributed by atoms with Crippen molar-refractivity contribution < 1.29 is 18.7 Å². The monoisotopic (exact) mass is 514 g/mol. The number of halogens is 1. The molecule has 1 amide bonds. The largest absolute Gasteiger partial charge is 0.491 e. The van der Waals surface area contributed by atoms with Crippen LogP contribution in [0.1, 0.15) is 24.4 Å². The van der Waals surface area contributed by atoms with Crippen LogP contribution >= 0.6 is 0 Å². The summed E-state index contributed by atoms with van der Waals surface area (Å²) in [6.45, 7) is 5.55. The average Bonchev–Trinajstić information content (AvgIpc) is 3.54. The van der Waals surface area contributed by atoms with Crippen LogP contribution in [0.5, 0.6) is 11.6 Å². The van der Waals surface area contributed by atoms with Gasteiger partial charge in [0.2, 0.25) is 17.7 Å². The fourth-order valence-corrected chi connectivity index (χ4v) is 5.18. The molecule has 0 saturated carbocycles. The third kappa shape index (κ3) is 4.37. The number of piperidine rings is 1. The van der Waals surface area contributed by atoms with Gasteiger partial charge in [-0.15, -0.1) is 5.10 Å². The van der Waals surface area contributed by atoms with Crippen molar-refractivity contribution >= 4 is 11.6 Å². The highest BCUT2D eigenvalue weighted by molar-refractivity contribution is 5.87. The SMILES string of the molecule is C=CC(=O)N1CCC(N[C@H]2COc3cc(-c4nc5ccc(OC)nn5c4-c4ccc(F)nc4)ccc32)CC1. The number of amides is 1. The molecule has 6 rings (SSSR count). The molecular weight excluding hydrogens is 487 g/mol. The zero-order valence-corrected chi connectivity index (χ0v) is 20.9. The number of methoxy groups -OCH3 is 1. The van der Waals surface area contributed by atoms with E-state index in [1.165, 1.54) is 18.3 Å². The number of hydrogen-bond donors (Lipinski definition) is 1. The first kappa shape index (κ1) is 24.1. The fourth-order valence-electron chi connectivity index (χ4n) is 5.18. The van der Waals surface area contributed by atoms with Gasteiger partial charge in [0.1, 0.15) is 18.1 Å². The minimum absolute atomic E-state index is 0.0121. The van der Waals surface area contributed by atoms with Gasteiger partial charge in [0, 0.05) is 48.1 Å². The van der Waals surface area contributed by atoms with E-state index in [2.05, 4.69) is 28.0 Å². The van der Waals surface area contributed by atoms with Crippen LogP contribution in [0.3, 0.4) is 0 Å². The maximum Gasteiger partial charge on any atom is 0.245 e. The molecule has 2 aliphatic heterocycles. The molecule has 2 aliphatic rings.